The summed E-state index contributed by atoms with van der Waals surface area (Å²) < 4.78 is 35.0. The van der Waals surface area contributed by atoms with Crippen LogP contribution in [0, 0.1) is 17.2 Å². The van der Waals surface area contributed by atoms with Crippen LogP contribution in [0.1, 0.15) is 26.7 Å². The predicted molar refractivity (Wildman–Crippen MR) is 222 cm³/mol. The normalized spacial score (nSPS) is 29.3. The third-order valence-corrected chi connectivity index (χ3v) is 11.6. The van der Waals surface area contributed by atoms with Gasteiger partial charge < -0.3 is 74.6 Å². The van der Waals surface area contributed by atoms with Crippen LogP contribution in [-0.4, -0.2) is 185 Å². The number of hydrogen-bond donors (Lipinski definition) is 7. The number of nitrogens with zero attached hydrogens (tertiary/aromatic N) is 6. The van der Waals surface area contributed by atoms with Gasteiger partial charge >= 0.3 is 6.03 Å². The number of likely N-dealkylation sites (N-methyl/N-ethyl adjacent to an activating group) is 1. The SMILES string of the molecule is CO[C@@H]1OC(CO)[C@@H](O)C(O[C@@H]2OC(C(=O)NCCOc3ccc(NC(=O)n4ccc5c(N(C)C6CN(C(=O)CC#N)CC[C@H]6C)ncnc54)cc3)[C@@H](OC)C(O)C2O)C1NC(C)=O. The summed E-state index contributed by atoms with van der Waals surface area (Å²) in [5, 5.41) is 60.3. The van der Waals surface area contributed by atoms with Crippen molar-refractivity contribution in [1.29, 1.82) is 5.26 Å². The number of carbonyl (C=O) groups is 4. The standard InChI is InChI=1S/C41H55N9O14/c1-21-11-15-49(28(53)10-13-42)18-26(21)48(3)36-25-12-16-50(37(25)45-20-44-36)41(58)47-23-6-8-24(9-7-23)61-17-14-43-38(57)35-34(59-4)31(55)32(56)40(64-35)63-33-29(46-22(2)52)39(60-5)62-27(19-51)30(33)54/h6-9,12,16,20-21,26-27,29-35,39-40,51,54-56H,10-11,14-15,17-19H2,1-5H3,(H,43,57)(H,46,52)(H,47,58)/t21-,26?,27?,29?,30-,31?,32?,33?,34+,35?,39-,40-/m1/s1. The van der Waals surface area contributed by atoms with Gasteiger partial charge in [-0.05, 0) is 42.7 Å². The Morgan fingerprint density at radius 1 is 1.00 bits per heavy atom. The number of rotatable bonds is 15. The molecule has 0 spiro atoms. The highest BCUT2D eigenvalue weighted by molar-refractivity contribution is 6.00. The summed E-state index contributed by atoms with van der Waals surface area (Å²) in [6, 6.07) is 8.48. The number of fused-ring (bicyclic) bond motifs is 1. The third-order valence-electron chi connectivity index (χ3n) is 11.6. The molecule has 5 heterocycles. The smallest absolute Gasteiger partial charge is 0.331 e. The number of piperidine rings is 1. The van der Waals surface area contributed by atoms with Crippen LogP contribution in [0.3, 0.4) is 0 Å². The molecule has 0 bridgehead atoms. The van der Waals surface area contributed by atoms with Crippen LogP contribution >= 0.6 is 0 Å². The molecule has 0 radical (unpaired) electrons. The van der Waals surface area contributed by atoms with Crippen LogP contribution in [0.4, 0.5) is 16.3 Å². The first-order valence-corrected chi connectivity index (χ1v) is 20.7. The maximum absolute atomic E-state index is 13.4. The maximum Gasteiger partial charge on any atom is 0.331 e. The Morgan fingerprint density at radius 3 is 2.42 bits per heavy atom. The van der Waals surface area contributed by atoms with Crippen molar-refractivity contribution in [2.24, 2.45) is 5.92 Å². The van der Waals surface area contributed by atoms with Crippen LogP contribution in [0.5, 0.6) is 5.75 Å². The molecule has 3 fully saturated rings. The minimum absolute atomic E-state index is 0.0137. The van der Waals surface area contributed by atoms with Gasteiger partial charge in [0.1, 0.15) is 73.6 Å². The lowest BCUT2D eigenvalue weighted by Gasteiger charge is -2.47. The van der Waals surface area contributed by atoms with Crippen LogP contribution in [-0.2, 0) is 38.1 Å². The van der Waals surface area contributed by atoms with Crippen molar-refractivity contribution >= 4 is 46.3 Å². The lowest BCUT2D eigenvalue weighted by Crippen LogP contribution is -2.68. The lowest BCUT2D eigenvalue weighted by atomic mass is 9.92. The van der Waals surface area contributed by atoms with Gasteiger partial charge in [-0.25, -0.2) is 14.8 Å². The van der Waals surface area contributed by atoms with Crippen LogP contribution < -0.4 is 25.6 Å². The number of benzene rings is 1. The van der Waals surface area contributed by atoms with Gasteiger partial charge in [0.05, 0.1) is 30.6 Å². The second-order valence-electron chi connectivity index (χ2n) is 15.7. The molecule has 23 heteroatoms. The molecule has 3 aliphatic heterocycles. The van der Waals surface area contributed by atoms with Crippen molar-refractivity contribution in [2.45, 2.75) is 94.1 Å². The predicted octanol–water partition coefficient (Wildman–Crippen LogP) is -1.33. The number of nitriles is 1. The number of ether oxygens (including phenoxy) is 6. The maximum atomic E-state index is 13.4. The van der Waals surface area contributed by atoms with E-state index in [-0.39, 0.29) is 37.4 Å². The number of amides is 4. The molecule has 3 aromatic rings. The van der Waals surface area contributed by atoms with Gasteiger partial charge in [-0.1, -0.05) is 6.92 Å². The first-order chi connectivity index (χ1) is 30.7. The molecule has 348 valence electrons. The largest absolute Gasteiger partial charge is 0.492 e. The summed E-state index contributed by atoms with van der Waals surface area (Å²) in [6.45, 7) is 3.65. The minimum Gasteiger partial charge on any atom is -0.492 e. The Balaban J connectivity index is 1.02. The molecule has 7 unspecified atom stereocenters. The molecule has 3 saturated heterocycles. The summed E-state index contributed by atoms with van der Waals surface area (Å²) in [7, 11) is 4.38. The highest BCUT2D eigenvalue weighted by Crippen LogP contribution is 2.32. The van der Waals surface area contributed by atoms with Crippen molar-refractivity contribution in [3.05, 3.63) is 42.9 Å². The molecule has 0 aliphatic carbocycles. The van der Waals surface area contributed by atoms with Gasteiger partial charge in [-0.3, -0.25) is 19.0 Å². The number of carbonyl (C=O) groups excluding carboxylic acids is 4. The second kappa shape index (κ2) is 21.4. The Hall–Kier alpha value is -5.55. The second-order valence-corrected chi connectivity index (χ2v) is 15.7. The van der Waals surface area contributed by atoms with Crippen molar-refractivity contribution < 1.29 is 68.0 Å². The zero-order valence-electron chi connectivity index (χ0n) is 36.0. The average molecular weight is 898 g/mol. The Labute approximate surface area is 368 Å². The lowest BCUT2D eigenvalue weighted by molar-refractivity contribution is -0.338. The first-order valence-electron chi connectivity index (χ1n) is 20.7. The Kier molecular flexibility index (Phi) is 16.0. The summed E-state index contributed by atoms with van der Waals surface area (Å²) in [6.07, 6.45) is -9.84. The first kappa shape index (κ1) is 47.9. The van der Waals surface area contributed by atoms with E-state index in [1.807, 2.05) is 18.0 Å². The number of likely N-dealkylation sites (tertiary alicyclic amines) is 1. The number of methoxy groups -OCH3 is 2. The van der Waals surface area contributed by atoms with E-state index >= 15 is 0 Å². The van der Waals surface area contributed by atoms with Crippen molar-refractivity contribution in [2.75, 3.05) is 64.3 Å². The van der Waals surface area contributed by atoms with Gasteiger partial charge in [0.2, 0.25) is 11.8 Å². The average Bonchev–Trinajstić information content (AvgIpc) is 3.73. The highest BCUT2D eigenvalue weighted by atomic mass is 16.7. The summed E-state index contributed by atoms with van der Waals surface area (Å²) in [5.74, 6) is -0.236. The van der Waals surface area contributed by atoms with E-state index in [2.05, 4.69) is 32.8 Å². The molecule has 12 atom stereocenters. The fourth-order valence-electron chi connectivity index (χ4n) is 8.16. The van der Waals surface area contributed by atoms with Gasteiger partial charge in [-0.2, -0.15) is 5.26 Å². The Morgan fingerprint density at radius 2 is 1.75 bits per heavy atom. The monoisotopic (exact) mass is 897 g/mol. The zero-order chi connectivity index (χ0) is 46.2. The molecule has 3 aliphatic rings. The summed E-state index contributed by atoms with van der Waals surface area (Å²) in [5.41, 5.74) is 0.836. The van der Waals surface area contributed by atoms with Crippen molar-refractivity contribution in [3.63, 3.8) is 0 Å². The van der Waals surface area contributed by atoms with Gasteiger partial charge in [-0.15, -0.1) is 0 Å². The fraction of sp³-hybridized carbons (Fsp3) is 0.585. The minimum atomic E-state index is -1.78. The van der Waals surface area contributed by atoms with E-state index in [9.17, 15) is 39.6 Å². The molecule has 0 saturated carbocycles. The quantitative estimate of drug-likeness (QED) is 0.0870. The van der Waals surface area contributed by atoms with Crippen LogP contribution in [0.25, 0.3) is 11.0 Å². The molecular formula is C41H55N9O14. The van der Waals surface area contributed by atoms with E-state index in [0.717, 1.165) is 6.42 Å². The molecule has 6 rings (SSSR count). The number of aliphatic hydroxyl groups excluding tert-OH is 4. The fourth-order valence-corrected chi connectivity index (χ4v) is 8.16. The molecule has 4 amide bonds. The summed E-state index contributed by atoms with van der Waals surface area (Å²) >= 11 is 0. The Bertz CT molecular complexity index is 2140. The van der Waals surface area contributed by atoms with Gasteiger partial charge in [0, 0.05) is 53.2 Å². The topological polar surface area (TPSA) is 302 Å². The number of aromatic nitrogens is 3. The third kappa shape index (κ3) is 10.5. The van der Waals surface area contributed by atoms with E-state index < -0.39 is 85.8 Å². The van der Waals surface area contributed by atoms with Crippen molar-refractivity contribution in [3.8, 4) is 11.8 Å². The number of hydrogen-bond acceptors (Lipinski definition) is 18. The van der Waals surface area contributed by atoms with Crippen LogP contribution in [0.2, 0.25) is 0 Å². The zero-order valence-corrected chi connectivity index (χ0v) is 36.0. The van der Waals surface area contributed by atoms with Crippen molar-refractivity contribution in [1.82, 2.24) is 30.1 Å². The molecule has 7 N–H and O–H groups in total. The van der Waals surface area contributed by atoms with E-state index in [1.54, 1.807) is 41.4 Å². The molecule has 1 aromatic carbocycles. The number of aliphatic hydroxyl groups is 4. The van der Waals surface area contributed by atoms with E-state index in [0.29, 0.717) is 41.4 Å². The number of nitrogens with one attached hydrogen (secondary N) is 3. The van der Waals surface area contributed by atoms with E-state index in [4.69, 9.17) is 33.7 Å². The molecule has 2 aromatic heterocycles. The van der Waals surface area contributed by atoms with Gasteiger partial charge in [0.25, 0.3) is 5.91 Å². The van der Waals surface area contributed by atoms with Gasteiger partial charge in [0.15, 0.2) is 24.3 Å². The highest BCUT2D eigenvalue weighted by Gasteiger charge is 2.53. The number of anilines is 2. The summed E-state index contributed by atoms with van der Waals surface area (Å²) in [4.78, 5) is 63.9. The molecular weight excluding hydrogens is 842 g/mol. The molecule has 64 heavy (non-hydrogen) atoms. The molecule has 23 nitrogen and oxygen atoms in total. The van der Waals surface area contributed by atoms with E-state index in [1.165, 1.54) is 32.0 Å². The van der Waals surface area contributed by atoms with Crippen LogP contribution in [0.15, 0.2) is 42.9 Å².